The molecule has 2 heteroatoms. The van der Waals surface area contributed by atoms with Crippen molar-refractivity contribution in [3.05, 3.63) is 24.7 Å². The minimum absolute atomic E-state index is 0.376. The number of ether oxygens (including phenoxy) is 2. The fraction of sp³-hybridized carbons (Fsp3) is 0.636. The largest absolute Gasteiger partial charge is 0.498 e. The van der Waals surface area contributed by atoms with Gasteiger partial charge in [-0.25, -0.2) is 0 Å². The van der Waals surface area contributed by atoms with E-state index in [0.29, 0.717) is 12.2 Å². The van der Waals surface area contributed by atoms with Gasteiger partial charge >= 0.3 is 0 Å². The van der Waals surface area contributed by atoms with Crippen LogP contribution < -0.4 is 0 Å². The second-order valence-electron chi connectivity index (χ2n) is 3.65. The molecule has 0 aromatic carbocycles. The first-order chi connectivity index (χ1) is 6.45. The molecule has 72 valence electrons. The van der Waals surface area contributed by atoms with Crippen LogP contribution in [0.25, 0.3) is 0 Å². The van der Waals surface area contributed by atoms with Crippen molar-refractivity contribution in [2.75, 3.05) is 0 Å². The zero-order valence-electron chi connectivity index (χ0n) is 7.82. The highest BCUT2D eigenvalue weighted by Gasteiger charge is 2.19. The summed E-state index contributed by atoms with van der Waals surface area (Å²) >= 11 is 0. The molecule has 0 spiro atoms. The normalized spacial score (nSPS) is 32.3. The summed E-state index contributed by atoms with van der Waals surface area (Å²) in [5.41, 5.74) is 0. The Bertz CT molecular complexity index is 186. The minimum atomic E-state index is 0.376. The Balaban J connectivity index is 1.76. The SMILES string of the molecule is C1=COC(CC2CCC=CO2)CC1. The summed E-state index contributed by atoms with van der Waals surface area (Å²) < 4.78 is 11.0. The Morgan fingerprint density at radius 2 is 1.46 bits per heavy atom. The lowest BCUT2D eigenvalue weighted by atomic mass is 10.0. The molecule has 2 rings (SSSR count). The summed E-state index contributed by atoms with van der Waals surface area (Å²) in [6.45, 7) is 0. The van der Waals surface area contributed by atoms with Crippen LogP contribution in [0.15, 0.2) is 24.7 Å². The van der Waals surface area contributed by atoms with Crippen LogP contribution >= 0.6 is 0 Å². The van der Waals surface area contributed by atoms with Crippen molar-refractivity contribution >= 4 is 0 Å². The van der Waals surface area contributed by atoms with Gasteiger partial charge in [-0.05, 0) is 37.8 Å². The third-order valence-corrected chi connectivity index (χ3v) is 2.57. The molecule has 2 aliphatic heterocycles. The van der Waals surface area contributed by atoms with Crippen molar-refractivity contribution < 1.29 is 9.47 Å². The van der Waals surface area contributed by atoms with E-state index in [1.165, 1.54) is 0 Å². The van der Waals surface area contributed by atoms with E-state index < -0.39 is 0 Å². The molecule has 0 bridgehead atoms. The molecule has 13 heavy (non-hydrogen) atoms. The Labute approximate surface area is 79.2 Å². The zero-order valence-corrected chi connectivity index (χ0v) is 7.82. The molecule has 2 heterocycles. The van der Waals surface area contributed by atoms with Gasteiger partial charge < -0.3 is 9.47 Å². The van der Waals surface area contributed by atoms with Gasteiger partial charge in [-0.2, -0.15) is 0 Å². The number of hydrogen-bond donors (Lipinski definition) is 0. The van der Waals surface area contributed by atoms with E-state index in [2.05, 4.69) is 12.2 Å². The molecular weight excluding hydrogens is 164 g/mol. The summed E-state index contributed by atoms with van der Waals surface area (Å²) in [5, 5.41) is 0. The molecule has 2 atom stereocenters. The zero-order chi connectivity index (χ0) is 8.93. The van der Waals surface area contributed by atoms with Crippen LogP contribution in [0.4, 0.5) is 0 Å². The van der Waals surface area contributed by atoms with Crippen molar-refractivity contribution in [1.29, 1.82) is 0 Å². The van der Waals surface area contributed by atoms with Crippen molar-refractivity contribution in [3.63, 3.8) is 0 Å². The first kappa shape index (κ1) is 8.67. The van der Waals surface area contributed by atoms with Crippen molar-refractivity contribution in [2.24, 2.45) is 0 Å². The number of allylic oxidation sites excluding steroid dienone is 2. The van der Waals surface area contributed by atoms with Gasteiger partial charge in [-0.15, -0.1) is 0 Å². The van der Waals surface area contributed by atoms with Crippen LogP contribution in [-0.2, 0) is 9.47 Å². The topological polar surface area (TPSA) is 18.5 Å². The third kappa shape index (κ3) is 2.51. The maximum Gasteiger partial charge on any atom is 0.102 e. The van der Waals surface area contributed by atoms with Gasteiger partial charge in [0.25, 0.3) is 0 Å². The van der Waals surface area contributed by atoms with E-state index in [0.717, 1.165) is 32.1 Å². The summed E-state index contributed by atoms with van der Waals surface area (Å²) in [6.07, 6.45) is 14.2. The Morgan fingerprint density at radius 1 is 0.923 bits per heavy atom. The lowest BCUT2D eigenvalue weighted by Gasteiger charge is -2.25. The molecule has 2 unspecified atom stereocenters. The van der Waals surface area contributed by atoms with E-state index in [-0.39, 0.29) is 0 Å². The van der Waals surface area contributed by atoms with Crippen LogP contribution in [0.1, 0.15) is 32.1 Å². The van der Waals surface area contributed by atoms with Crippen molar-refractivity contribution in [1.82, 2.24) is 0 Å². The van der Waals surface area contributed by atoms with Gasteiger partial charge in [0.05, 0.1) is 12.5 Å². The highest BCUT2D eigenvalue weighted by molar-refractivity contribution is 4.87. The molecule has 0 aliphatic carbocycles. The van der Waals surface area contributed by atoms with Crippen LogP contribution in [0.2, 0.25) is 0 Å². The molecule has 0 fully saturated rings. The van der Waals surface area contributed by atoms with E-state index >= 15 is 0 Å². The summed E-state index contributed by atoms with van der Waals surface area (Å²) in [6, 6.07) is 0. The van der Waals surface area contributed by atoms with E-state index in [1.807, 2.05) is 12.5 Å². The fourth-order valence-electron chi connectivity index (χ4n) is 1.81. The number of rotatable bonds is 2. The molecule has 0 N–H and O–H groups in total. The average molecular weight is 180 g/mol. The fourth-order valence-corrected chi connectivity index (χ4v) is 1.81. The first-order valence-electron chi connectivity index (χ1n) is 5.06. The second-order valence-corrected chi connectivity index (χ2v) is 3.65. The lowest BCUT2D eigenvalue weighted by Crippen LogP contribution is -2.23. The molecular formula is C11H16O2. The van der Waals surface area contributed by atoms with Crippen LogP contribution in [0.3, 0.4) is 0 Å². The first-order valence-corrected chi connectivity index (χ1v) is 5.06. The van der Waals surface area contributed by atoms with E-state index in [4.69, 9.17) is 9.47 Å². The summed E-state index contributed by atoms with van der Waals surface area (Å²) in [7, 11) is 0. The predicted molar refractivity (Wildman–Crippen MR) is 51.1 cm³/mol. The van der Waals surface area contributed by atoms with E-state index in [1.54, 1.807) is 0 Å². The molecule has 0 amide bonds. The highest BCUT2D eigenvalue weighted by Crippen LogP contribution is 2.21. The highest BCUT2D eigenvalue weighted by atomic mass is 16.5. The van der Waals surface area contributed by atoms with Gasteiger partial charge in [0.1, 0.15) is 12.2 Å². The van der Waals surface area contributed by atoms with Gasteiger partial charge in [0, 0.05) is 6.42 Å². The second kappa shape index (κ2) is 4.35. The Hall–Kier alpha value is -0.920. The molecule has 0 radical (unpaired) electrons. The summed E-state index contributed by atoms with van der Waals surface area (Å²) in [4.78, 5) is 0. The predicted octanol–water partition coefficient (Wildman–Crippen LogP) is 2.76. The quantitative estimate of drug-likeness (QED) is 0.650. The summed E-state index contributed by atoms with van der Waals surface area (Å²) in [5.74, 6) is 0. The van der Waals surface area contributed by atoms with Gasteiger partial charge in [0.2, 0.25) is 0 Å². The Morgan fingerprint density at radius 3 is 1.85 bits per heavy atom. The monoisotopic (exact) mass is 180 g/mol. The van der Waals surface area contributed by atoms with Crippen LogP contribution in [0.5, 0.6) is 0 Å². The average Bonchev–Trinajstić information content (AvgIpc) is 2.21. The maximum atomic E-state index is 5.50. The molecule has 0 aromatic heterocycles. The van der Waals surface area contributed by atoms with Gasteiger partial charge in [-0.3, -0.25) is 0 Å². The molecule has 0 saturated carbocycles. The van der Waals surface area contributed by atoms with Crippen molar-refractivity contribution in [3.8, 4) is 0 Å². The third-order valence-electron chi connectivity index (χ3n) is 2.57. The van der Waals surface area contributed by atoms with Crippen molar-refractivity contribution in [2.45, 2.75) is 44.3 Å². The molecule has 0 saturated heterocycles. The van der Waals surface area contributed by atoms with Crippen LogP contribution in [0, 0.1) is 0 Å². The van der Waals surface area contributed by atoms with E-state index in [9.17, 15) is 0 Å². The molecule has 0 aromatic rings. The van der Waals surface area contributed by atoms with Crippen LogP contribution in [-0.4, -0.2) is 12.2 Å². The minimum Gasteiger partial charge on any atom is -0.498 e. The number of hydrogen-bond acceptors (Lipinski definition) is 2. The van der Waals surface area contributed by atoms with Gasteiger partial charge in [-0.1, -0.05) is 0 Å². The lowest BCUT2D eigenvalue weighted by molar-refractivity contribution is 0.0396. The van der Waals surface area contributed by atoms with Gasteiger partial charge in [0.15, 0.2) is 0 Å². The maximum absolute atomic E-state index is 5.50. The Kier molecular flexibility index (Phi) is 2.90. The smallest absolute Gasteiger partial charge is 0.102 e. The molecule has 2 aliphatic rings. The standard InChI is InChI=1S/C11H16O2/c1-3-7-12-10(5-1)9-11-6-2-4-8-13-11/h3-4,7-8,10-11H,1-2,5-6,9H2. The molecule has 2 nitrogen and oxygen atoms in total.